The summed E-state index contributed by atoms with van der Waals surface area (Å²) >= 11 is 0. The zero-order chi connectivity index (χ0) is 7.68. The van der Waals surface area contributed by atoms with E-state index in [-0.39, 0.29) is 5.43 Å². The Labute approximate surface area is 61.9 Å². The topological polar surface area (TPSA) is 58.6 Å². The van der Waals surface area contributed by atoms with Gasteiger partial charge in [-0.3, -0.25) is 9.89 Å². The minimum absolute atomic E-state index is 0.105. The fourth-order valence-corrected chi connectivity index (χ4v) is 0.915. The van der Waals surface area contributed by atoms with Gasteiger partial charge < -0.3 is 0 Å². The lowest BCUT2D eigenvalue weighted by Crippen LogP contribution is -2.03. The predicted octanol–water partition coefficient (Wildman–Crippen LogP) is 0.318. The Morgan fingerprint density at radius 1 is 1.45 bits per heavy atom. The molecule has 54 valence electrons. The number of hydrogen-bond donors (Lipinski definition) is 1. The SMILES string of the molecule is O=c1cn[nH]c2ncccc12. The lowest BCUT2D eigenvalue weighted by atomic mass is 10.3. The highest BCUT2D eigenvalue weighted by Gasteiger charge is 1.95. The molecule has 0 bridgehead atoms. The van der Waals surface area contributed by atoms with Crippen LogP contribution in [0.1, 0.15) is 0 Å². The van der Waals surface area contributed by atoms with Crippen LogP contribution in [0.2, 0.25) is 0 Å². The molecule has 0 atom stereocenters. The van der Waals surface area contributed by atoms with Crippen molar-refractivity contribution < 1.29 is 0 Å². The smallest absolute Gasteiger partial charge is 0.209 e. The molecular formula is C7H5N3O. The van der Waals surface area contributed by atoms with E-state index in [1.54, 1.807) is 18.3 Å². The first-order valence-corrected chi connectivity index (χ1v) is 3.16. The zero-order valence-corrected chi connectivity index (χ0v) is 5.61. The molecule has 2 heterocycles. The van der Waals surface area contributed by atoms with Crippen LogP contribution in [0.3, 0.4) is 0 Å². The van der Waals surface area contributed by atoms with Gasteiger partial charge in [0.15, 0.2) is 5.65 Å². The summed E-state index contributed by atoms with van der Waals surface area (Å²) in [5.74, 6) is 0. The Balaban J connectivity index is 3.03. The highest BCUT2D eigenvalue weighted by Crippen LogP contribution is 1.97. The van der Waals surface area contributed by atoms with Crippen LogP contribution in [-0.4, -0.2) is 15.2 Å². The van der Waals surface area contributed by atoms with Crippen molar-refractivity contribution in [1.29, 1.82) is 0 Å². The molecule has 4 nitrogen and oxygen atoms in total. The quantitative estimate of drug-likeness (QED) is 0.583. The van der Waals surface area contributed by atoms with Crippen LogP contribution < -0.4 is 5.43 Å². The molecule has 0 saturated heterocycles. The zero-order valence-electron chi connectivity index (χ0n) is 5.61. The summed E-state index contributed by atoms with van der Waals surface area (Å²) in [6.07, 6.45) is 2.85. The number of H-pyrrole nitrogens is 1. The normalized spacial score (nSPS) is 10.2. The van der Waals surface area contributed by atoms with Gasteiger partial charge in [0.2, 0.25) is 5.43 Å². The number of aromatic nitrogens is 3. The maximum atomic E-state index is 11.1. The maximum absolute atomic E-state index is 11.1. The van der Waals surface area contributed by atoms with Crippen LogP contribution in [0.4, 0.5) is 0 Å². The number of fused-ring (bicyclic) bond motifs is 1. The molecule has 2 rings (SSSR count). The van der Waals surface area contributed by atoms with Crippen LogP contribution in [0.15, 0.2) is 29.3 Å². The highest BCUT2D eigenvalue weighted by molar-refractivity contribution is 5.72. The van der Waals surface area contributed by atoms with Crippen molar-refractivity contribution in [3.8, 4) is 0 Å². The van der Waals surface area contributed by atoms with E-state index in [1.165, 1.54) is 6.20 Å². The molecule has 0 aliphatic heterocycles. The van der Waals surface area contributed by atoms with Crippen molar-refractivity contribution in [3.63, 3.8) is 0 Å². The van der Waals surface area contributed by atoms with E-state index in [9.17, 15) is 4.79 Å². The van der Waals surface area contributed by atoms with E-state index in [4.69, 9.17) is 0 Å². The van der Waals surface area contributed by atoms with Gasteiger partial charge in [-0.2, -0.15) is 5.10 Å². The van der Waals surface area contributed by atoms with E-state index in [0.29, 0.717) is 11.0 Å². The lowest BCUT2D eigenvalue weighted by Gasteiger charge is -1.90. The van der Waals surface area contributed by atoms with E-state index in [0.717, 1.165) is 0 Å². The molecule has 0 aliphatic rings. The van der Waals surface area contributed by atoms with Crippen molar-refractivity contribution in [3.05, 3.63) is 34.7 Å². The van der Waals surface area contributed by atoms with Gasteiger partial charge in [-0.25, -0.2) is 4.98 Å². The predicted molar refractivity (Wildman–Crippen MR) is 40.2 cm³/mol. The molecule has 0 radical (unpaired) electrons. The fourth-order valence-electron chi connectivity index (χ4n) is 0.915. The Bertz CT molecular complexity index is 429. The Morgan fingerprint density at radius 2 is 2.36 bits per heavy atom. The Hall–Kier alpha value is -1.71. The minimum Gasteiger partial charge on any atom is -0.287 e. The molecule has 0 amide bonds. The third kappa shape index (κ3) is 0.881. The molecule has 2 aromatic rings. The molecule has 11 heavy (non-hydrogen) atoms. The van der Waals surface area contributed by atoms with Gasteiger partial charge in [0, 0.05) is 6.20 Å². The first-order chi connectivity index (χ1) is 5.38. The van der Waals surface area contributed by atoms with Crippen molar-refractivity contribution in [2.75, 3.05) is 0 Å². The van der Waals surface area contributed by atoms with Crippen LogP contribution in [-0.2, 0) is 0 Å². The summed E-state index contributed by atoms with van der Waals surface area (Å²) in [6, 6.07) is 3.43. The second-order valence-electron chi connectivity index (χ2n) is 2.13. The summed E-state index contributed by atoms with van der Waals surface area (Å²) in [6.45, 7) is 0. The van der Waals surface area contributed by atoms with Crippen LogP contribution in [0, 0.1) is 0 Å². The van der Waals surface area contributed by atoms with Crippen LogP contribution >= 0.6 is 0 Å². The largest absolute Gasteiger partial charge is 0.287 e. The standard InChI is InChI=1S/C7H5N3O/c11-6-4-9-10-7-5(6)2-1-3-8-7/h1-4H,(H,8,10,11). The molecule has 0 aliphatic carbocycles. The van der Waals surface area contributed by atoms with Gasteiger partial charge in [0.05, 0.1) is 11.6 Å². The second-order valence-corrected chi connectivity index (χ2v) is 2.13. The summed E-state index contributed by atoms with van der Waals surface area (Å²) in [5, 5.41) is 6.81. The summed E-state index contributed by atoms with van der Waals surface area (Å²) < 4.78 is 0. The number of nitrogens with one attached hydrogen (secondary N) is 1. The molecule has 1 N–H and O–H groups in total. The molecule has 0 saturated carbocycles. The third-order valence-corrected chi connectivity index (χ3v) is 1.43. The number of nitrogens with zero attached hydrogens (tertiary/aromatic N) is 2. The summed E-state index contributed by atoms with van der Waals surface area (Å²) in [4.78, 5) is 15.0. The first-order valence-electron chi connectivity index (χ1n) is 3.16. The molecule has 4 heteroatoms. The average Bonchev–Trinajstić information content (AvgIpc) is 2.06. The van der Waals surface area contributed by atoms with Gasteiger partial charge in [0.1, 0.15) is 0 Å². The van der Waals surface area contributed by atoms with E-state index < -0.39 is 0 Å². The van der Waals surface area contributed by atoms with Gasteiger partial charge in [-0.1, -0.05) is 0 Å². The maximum Gasteiger partial charge on any atom is 0.209 e. The van der Waals surface area contributed by atoms with E-state index >= 15 is 0 Å². The van der Waals surface area contributed by atoms with Crippen LogP contribution in [0.5, 0.6) is 0 Å². The molecule has 0 unspecified atom stereocenters. The minimum atomic E-state index is -0.105. The monoisotopic (exact) mass is 147 g/mol. The van der Waals surface area contributed by atoms with Gasteiger partial charge in [-0.05, 0) is 12.1 Å². The van der Waals surface area contributed by atoms with E-state index in [1.807, 2.05) is 0 Å². The van der Waals surface area contributed by atoms with Gasteiger partial charge in [0.25, 0.3) is 0 Å². The van der Waals surface area contributed by atoms with Crippen molar-refractivity contribution >= 4 is 11.0 Å². The second kappa shape index (κ2) is 2.16. The molecule has 0 spiro atoms. The third-order valence-electron chi connectivity index (χ3n) is 1.43. The summed E-state index contributed by atoms with van der Waals surface area (Å²) in [5.41, 5.74) is 0.423. The average molecular weight is 147 g/mol. The number of rotatable bonds is 0. The van der Waals surface area contributed by atoms with Crippen molar-refractivity contribution in [1.82, 2.24) is 15.2 Å². The number of aromatic amines is 1. The molecule has 2 aromatic heterocycles. The van der Waals surface area contributed by atoms with Crippen molar-refractivity contribution in [2.24, 2.45) is 0 Å². The number of pyridine rings is 1. The first kappa shape index (κ1) is 6.03. The molecule has 0 fully saturated rings. The fraction of sp³-hybridized carbons (Fsp3) is 0. The van der Waals surface area contributed by atoms with Gasteiger partial charge >= 0.3 is 0 Å². The molecular weight excluding hydrogens is 142 g/mol. The van der Waals surface area contributed by atoms with Gasteiger partial charge in [-0.15, -0.1) is 0 Å². The summed E-state index contributed by atoms with van der Waals surface area (Å²) in [7, 11) is 0. The number of hydrogen-bond acceptors (Lipinski definition) is 3. The molecule has 0 aromatic carbocycles. The highest BCUT2D eigenvalue weighted by atomic mass is 16.1. The van der Waals surface area contributed by atoms with Crippen molar-refractivity contribution in [2.45, 2.75) is 0 Å². The Kier molecular flexibility index (Phi) is 1.18. The lowest BCUT2D eigenvalue weighted by molar-refractivity contribution is 1.04. The van der Waals surface area contributed by atoms with Crippen LogP contribution in [0.25, 0.3) is 11.0 Å². The van der Waals surface area contributed by atoms with E-state index in [2.05, 4.69) is 15.2 Å². The Morgan fingerprint density at radius 3 is 3.18 bits per heavy atom.